The molecule has 1 amide bonds. The lowest BCUT2D eigenvalue weighted by Gasteiger charge is -2.59. The Bertz CT molecular complexity index is 704. The van der Waals surface area contributed by atoms with Crippen molar-refractivity contribution < 1.29 is 14.3 Å². The molecule has 0 spiro atoms. The molecule has 0 aromatic heterocycles. The Morgan fingerprint density at radius 2 is 1.67 bits per heavy atom. The van der Waals surface area contributed by atoms with E-state index in [0.29, 0.717) is 16.9 Å². The lowest BCUT2D eigenvalue weighted by molar-refractivity contribution is -0.121. The van der Waals surface area contributed by atoms with Gasteiger partial charge in [0.25, 0.3) is 0 Å². The van der Waals surface area contributed by atoms with Gasteiger partial charge in [-0.25, -0.2) is 0 Å². The van der Waals surface area contributed by atoms with Gasteiger partial charge in [-0.2, -0.15) is 0 Å². The van der Waals surface area contributed by atoms with Gasteiger partial charge in [-0.3, -0.25) is 4.79 Å². The SMILES string of the molecule is COc1ccc(/C=C\C(=O)NC(C)C23CC4CC(CC(C4)C2)C3)cc1OC. The molecule has 4 aliphatic carbocycles. The Labute approximate surface area is 162 Å². The van der Waals surface area contributed by atoms with Crippen LogP contribution in [0.15, 0.2) is 24.3 Å². The first-order chi connectivity index (χ1) is 13.0. The number of nitrogens with one attached hydrogen (secondary N) is 1. The fourth-order valence-corrected chi connectivity index (χ4v) is 6.25. The number of amides is 1. The van der Waals surface area contributed by atoms with Crippen molar-refractivity contribution >= 4 is 12.0 Å². The van der Waals surface area contributed by atoms with Crippen LogP contribution in [0.3, 0.4) is 0 Å². The second-order valence-corrected chi connectivity index (χ2v) is 8.96. The highest BCUT2D eigenvalue weighted by Gasteiger charge is 2.53. The number of carbonyl (C=O) groups is 1. The molecular formula is C23H31NO3. The molecule has 0 radical (unpaired) electrons. The number of methoxy groups -OCH3 is 2. The molecule has 4 fully saturated rings. The van der Waals surface area contributed by atoms with E-state index < -0.39 is 0 Å². The molecule has 0 saturated heterocycles. The van der Waals surface area contributed by atoms with Crippen LogP contribution in [0.5, 0.6) is 11.5 Å². The monoisotopic (exact) mass is 369 g/mol. The largest absolute Gasteiger partial charge is 0.493 e. The van der Waals surface area contributed by atoms with Gasteiger partial charge in [0.1, 0.15) is 0 Å². The third kappa shape index (κ3) is 3.59. The smallest absolute Gasteiger partial charge is 0.244 e. The fourth-order valence-electron chi connectivity index (χ4n) is 6.25. The lowest BCUT2D eigenvalue weighted by atomic mass is 9.48. The summed E-state index contributed by atoms with van der Waals surface area (Å²) in [5.41, 5.74) is 1.26. The van der Waals surface area contributed by atoms with E-state index >= 15 is 0 Å². The number of benzene rings is 1. The normalized spacial score (nSPS) is 32.5. The van der Waals surface area contributed by atoms with E-state index in [4.69, 9.17) is 9.47 Å². The predicted molar refractivity (Wildman–Crippen MR) is 107 cm³/mol. The molecule has 4 saturated carbocycles. The first-order valence-electron chi connectivity index (χ1n) is 10.2. The van der Waals surface area contributed by atoms with Crippen molar-refractivity contribution in [2.75, 3.05) is 14.2 Å². The van der Waals surface area contributed by atoms with Gasteiger partial charge in [0.05, 0.1) is 14.2 Å². The molecule has 1 aromatic rings. The van der Waals surface area contributed by atoms with Crippen molar-refractivity contribution in [1.82, 2.24) is 5.32 Å². The van der Waals surface area contributed by atoms with Crippen molar-refractivity contribution in [2.45, 2.75) is 51.5 Å². The summed E-state index contributed by atoms with van der Waals surface area (Å²) in [6.45, 7) is 2.22. The second kappa shape index (κ2) is 7.21. The van der Waals surface area contributed by atoms with Crippen LogP contribution in [0, 0.1) is 23.2 Å². The van der Waals surface area contributed by atoms with Crippen molar-refractivity contribution in [3.05, 3.63) is 29.8 Å². The van der Waals surface area contributed by atoms with Gasteiger partial charge in [-0.05, 0) is 92.4 Å². The summed E-state index contributed by atoms with van der Waals surface area (Å²) in [6, 6.07) is 5.90. The Morgan fingerprint density at radius 1 is 1.07 bits per heavy atom. The summed E-state index contributed by atoms with van der Waals surface area (Å²) >= 11 is 0. The van der Waals surface area contributed by atoms with Crippen LogP contribution in [0.25, 0.3) is 6.08 Å². The second-order valence-electron chi connectivity index (χ2n) is 8.96. The van der Waals surface area contributed by atoms with E-state index in [1.807, 2.05) is 24.3 Å². The minimum atomic E-state index is -0.00645. The van der Waals surface area contributed by atoms with E-state index in [2.05, 4.69) is 12.2 Å². The van der Waals surface area contributed by atoms with E-state index in [1.54, 1.807) is 20.3 Å². The van der Waals surface area contributed by atoms with Crippen LogP contribution in [-0.2, 0) is 4.79 Å². The highest BCUT2D eigenvalue weighted by molar-refractivity contribution is 5.92. The molecule has 1 aromatic carbocycles. The van der Waals surface area contributed by atoms with Crippen molar-refractivity contribution in [3.8, 4) is 11.5 Å². The molecule has 0 heterocycles. The number of hydrogen-bond donors (Lipinski definition) is 1. The Hall–Kier alpha value is -1.97. The maximum Gasteiger partial charge on any atom is 0.244 e. The number of carbonyl (C=O) groups excluding carboxylic acids is 1. The van der Waals surface area contributed by atoms with Crippen LogP contribution in [-0.4, -0.2) is 26.2 Å². The molecule has 1 N–H and O–H groups in total. The van der Waals surface area contributed by atoms with Gasteiger partial charge in [0.2, 0.25) is 5.91 Å². The van der Waals surface area contributed by atoms with Crippen LogP contribution in [0.2, 0.25) is 0 Å². The highest BCUT2D eigenvalue weighted by Crippen LogP contribution is 2.61. The maximum absolute atomic E-state index is 12.5. The van der Waals surface area contributed by atoms with Crippen molar-refractivity contribution in [2.24, 2.45) is 23.2 Å². The first-order valence-corrected chi connectivity index (χ1v) is 10.2. The number of hydrogen-bond acceptors (Lipinski definition) is 3. The molecule has 1 unspecified atom stereocenters. The van der Waals surface area contributed by atoms with Gasteiger partial charge < -0.3 is 14.8 Å². The molecule has 1 atom stereocenters. The van der Waals surface area contributed by atoms with Crippen LogP contribution in [0.4, 0.5) is 0 Å². The molecule has 4 bridgehead atoms. The van der Waals surface area contributed by atoms with E-state index in [1.165, 1.54) is 38.5 Å². The summed E-state index contributed by atoms with van der Waals surface area (Å²) in [4.78, 5) is 12.5. The highest BCUT2D eigenvalue weighted by atomic mass is 16.5. The fraction of sp³-hybridized carbons (Fsp3) is 0.609. The van der Waals surface area contributed by atoms with E-state index in [0.717, 1.165) is 23.3 Å². The average Bonchev–Trinajstić information content (AvgIpc) is 2.65. The molecule has 4 aliphatic rings. The molecule has 5 rings (SSSR count). The summed E-state index contributed by atoms with van der Waals surface area (Å²) in [6.07, 6.45) is 11.7. The first kappa shape index (κ1) is 18.4. The van der Waals surface area contributed by atoms with E-state index in [-0.39, 0.29) is 11.9 Å². The standard InChI is InChI=1S/C23H31NO3/c1-15(23-12-17-8-18(13-23)10-19(9-17)14-23)24-22(25)7-5-16-4-6-20(26-2)21(11-16)27-3/h4-7,11,15,17-19H,8-10,12-14H2,1-3H3,(H,24,25)/b7-5-. The van der Waals surface area contributed by atoms with E-state index in [9.17, 15) is 4.79 Å². The minimum absolute atomic E-state index is 0.00645. The molecule has 0 aliphatic heterocycles. The maximum atomic E-state index is 12.5. The van der Waals surface area contributed by atoms with Gasteiger partial charge in [-0.1, -0.05) is 6.07 Å². The van der Waals surface area contributed by atoms with Gasteiger partial charge in [0.15, 0.2) is 11.5 Å². The molecule has 27 heavy (non-hydrogen) atoms. The average molecular weight is 370 g/mol. The third-order valence-electron chi connectivity index (χ3n) is 7.20. The summed E-state index contributed by atoms with van der Waals surface area (Å²) < 4.78 is 10.6. The number of ether oxygens (including phenoxy) is 2. The van der Waals surface area contributed by atoms with Gasteiger partial charge >= 0.3 is 0 Å². The molecular weight excluding hydrogens is 338 g/mol. The molecule has 4 heteroatoms. The zero-order chi connectivity index (χ0) is 19.0. The van der Waals surface area contributed by atoms with Gasteiger partial charge in [-0.15, -0.1) is 0 Å². The van der Waals surface area contributed by atoms with Crippen LogP contribution >= 0.6 is 0 Å². The molecule has 4 nitrogen and oxygen atoms in total. The van der Waals surface area contributed by atoms with Gasteiger partial charge in [0, 0.05) is 12.1 Å². The summed E-state index contributed by atoms with van der Waals surface area (Å²) in [5.74, 6) is 4.05. The van der Waals surface area contributed by atoms with Crippen LogP contribution in [0.1, 0.15) is 51.0 Å². The molecule has 146 valence electrons. The zero-order valence-corrected chi connectivity index (χ0v) is 16.7. The predicted octanol–water partition coefficient (Wildman–Crippen LogP) is 4.44. The lowest BCUT2D eigenvalue weighted by Crippen LogP contribution is -2.55. The summed E-state index contributed by atoms with van der Waals surface area (Å²) in [7, 11) is 3.23. The zero-order valence-electron chi connectivity index (χ0n) is 16.7. The minimum Gasteiger partial charge on any atom is -0.493 e. The summed E-state index contributed by atoms with van der Waals surface area (Å²) in [5, 5.41) is 3.28. The van der Waals surface area contributed by atoms with Crippen molar-refractivity contribution in [3.63, 3.8) is 0 Å². The van der Waals surface area contributed by atoms with Crippen molar-refractivity contribution in [1.29, 1.82) is 0 Å². The number of rotatable bonds is 6. The Balaban J connectivity index is 1.40. The topological polar surface area (TPSA) is 47.6 Å². The third-order valence-corrected chi connectivity index (χ3v) is 7.20. The Kier molecular flexibility index (Phi) is 4.92. The quantitative estimate of drug-likeness (QED) is 0.754. The van der Waals surface area contributed by atoms with Crippen LogP contribution < -0.4 is 14.8 Å². The Morgan fingerprint density at radius 3 is 2.22 bits per heavy atom.